The summed E-state index contributed by atoms with van der Waals surface area (Å²) in [6, 6.07) is 0. The van der Waals surface area contributed by atoms with Gasteiger partial charge in [0.05, 0.1) is 25.9 Å². The number of amides is 2. The number of carbonyl (C=O) groups is 3. The Morgan fingerprint density at radius 3 is 2.72 bits per heavy atom. The first-order valence-electron chi connectivity index (χ1n) is 13.6. The zero-order valence-corrected chi connectivity index (χ0v) is 21.7. The van der Waals surface area contributed by atoms with E-state index < -0.39 is 23.4 Å². The molecule has 2 fully saturated rings. The number of nitrogens with zero attached hydrogens (tertiary/aromatic N) is 1. The predicted molar refractivity (Wildman–Crippen MR) is 136 cm³/mol. The van der Waals surface area contributed by atoms with Crippen LogP contribution in [-0.4, -0.2) is 55.1 Å². The smallest absolute Gasteiger partial charge is 0.320 e. The molecule has 2 amide bonds. The highest BCUT2D eigenvalue weighted by molar-refractivity contribution is 5.92. The van der Waals surface area contributed by atoms with Crippen molar-refractivity contribution in [2.45, 2.75) is 89.8 Å². The Kier molecular flexibility index (Phi) is 8.56. The summed E-state index contributed by atoms with van der Waals surface area (Å²) < 4.78 is 11.8. The van der Waals surface area contributed by atoms with Gasteiger partial charge in [0.25, 0.3) is 0 Å². The molecule has 0 aromatic rings. The van der Waals surface area contributed by atoms with Crippen molar-refractivity contribution >= 4 is 17.8 Å². The van der Waals surface area contributed by atoms with Crippen LogP contribution in [0, 0.1) is 29.6 Å². The van der Waals surface area contributed by atoms with Crippen LogP contribution in [0.1, 0.15) is 77.6 Å². The van der Waals surface area contributed by atoms with Crippen molar-refractivity contribution in [3.8, 4) is 12.3 Å². The third-order valence-corrected chi connectivity index (χ3v) is 8.58. The van der Waals surface area contributed by atoms with Gasteiger partial charge in [-0.3, -0.25) is 14.4 Å². The van der Waals surface area contributed by atoms with Gasteiger partial charge in [-0.25, -0.2) is 0 Å². The molecule has 2 heterocycles. The highest BCUT2D eigenvalue weighted by Gasteiger charge is 2.60. The van der Waals surface area contributed by atoms with Gasteiger partial charge in [0.15, 0.2) is 0 Å². The molecule has 1 saturated heterocycles. The monoisotopic (exact) mass is 496 g/mol. The Labute approximate surface area is 215 Å². The summed E-state index contributed by atoms with van der Waals surface area (Å²) in [4.78, 5) is 41.8. The number of ether oxygens (including phenoxy) is 2. The van der Waals surface area contributed by atoms with Crippen LogP contribution < -0.4 is 5.32 Å². The van der Waals surface area contributed by atoms with E-state index in [4.69, 9.17) is 15.9 Å². The maximum absolute atomic E-state index is 13.9. The molecule has 0 unspecified atom stereocenters. The largest absolute Gasteiger partial charge is 0.468 e. The number of piperidine rings is 1. The first kappa shape index (κ1) is 26.5. The Morgan fingerprint density at radius 2 is 2.06 bits per heavy atom. The summed E-state index contributed by atoms with van der Waals surface area (Å²) in [5.74, 6) is 1.32. The number of hydrogen-bond acceptors (Lipinski definition) is 5. The maximum atomic E-state index is 13.9. The SMILES string of the molecule is C#CCNC(=O)C[C@H]1C[C@@]2(C(=O)OC)C(=C[C@H](C3CCCC3)O[C@@H]2C)N(CCC2=CCCCC2)C1=O. The molecule has 4 atom stereocenters. The molecular formula is C29H40N2O5. The van der Waals surface area contributed by atoms with Gasteiger partial charge < -0.3 is 19.7 Å². The Bertz CT molecular complexity index is 957. The fraction of sp³-hybridized carbons (Fsp3) is 0.690. The minimum absolute atomic E-state index is 0.0233. The first-order valence-corrected chi connectivity index (χ1v) is 13.6. The number of nitrogens with one attached hydrogen (secondary N) is 1. The highest BCUT2D eigenvalue weighted by Crippen LogP contribution is 2.51. The second-order valence-corrected chi connectivity index (χ2v) is 10.7. The molecule has 0 bridgehead atoms. The van der Waals surface area contributed by atoms with E-state index in [0.717, 1.165) is 32.1 Å². The summed E-state index contributed by atoms with van der Waals surface area (Å²) in [5.41, 5.74) is 0.946. The van der Waals surface area contributed by atoms with Crippen molar-refractivity contribution in [1.82, 2.24) is 10.2 Å². The van der Waals surface area contributed by atoms with Crippen LogP contribution >= 0.6 is 0 Å². The molecule has 1 saturated carbocycles. The van der Waals surface area contributed by atoms with Crippen LogP contribution in [0.5, 0.6) is 0 Å². The van der Waals surface area contributed by atoms with Gasteiger partial charge in [0, 0.05) is 24.6 Å². The molecule has 36 heavy (non-hydrogen) atoms. The van der Waals surface area contributed by atoms with Gasteiger partial charge in [0.1, 0.15) is 5.41 Å². The molecule has 2 aliphatic carbocycles. The van der Waals surface area contributed by atoms with E-state index in [-0.39, 0.29) is 37.3 Å². The molecular weight excluding hydrogens is 456 g/mol. The van der Waals surface area contributed by atoms with E-state index in [1.54, 1.807) is 4.90 Å². The van der Waals surface area contributed by atoms with Gasteiger partial charge in [0.2, 0.25) is 11.8 Å². The molecule has 0 radical (unpaired) electrons. The molecule has 0 spiro atoms. The van der Waals surface area contributed by atoms with Crippen molar-refractivity contribution in [1.29, 1.82) is 0 Å². The van der Waals surface area contributed by atoms with Crippen LogP contribution in [0.15, 0.2) is 23.4 Å². The van der Waals surface area contributed by atoms with Crippen LogP contribution in [0.2, 0.25) is 0 Å². The summed E-state index contributed by atoms with van der Waals surface area (Å²) in [7, 11) is 1.38. The Hall–Kier alpha value is -2.59. The predicted octanol–water partition coefficient (Wildman–Crippen LogP) is 3.89. The van der Waals surface area contributed by atoms with Gasteiger partial charge >= 0.3 is 5.97 Å². The second kappa shape index (κ2) is 11.6. The summed E-state index contributed by atoms with van der Waals surface area (Å²) in [5, 5.41) is 2.66. The number of methoxy groups -OCH3 is 1. The number of hydrogen-bond donors (Lipinski definition) is 1. The average molecular weight is 497 g/mol. The molecule has 1 N–H and O–H groups in total. The van der Waals surface area contributed by atoms with E-state index in [9.17, 15) is 14.4 Å². The molecule has 196 valence electrons. The van der Waals surface area contributed by atoms with Gasteiger partial charge in [-0.2, -0.15) is 0 Å². The van der Waals surface area contributed by atoms with Crippen molar-refractivity contribution in [2.24, 2.45) is 17.3 Å². The Morgan fingerprint density at radius 1 is 1.28 bits per heavy atom. The topological polar surface area (TPSA) is 84.9 Å². The number of fused-ring (bicyclic) bond motifs is 1. The number of rotatable bonds is 8. The highest BCUT2D eigenvalue weighted by atomic mass is 16.5. The number of carbonyl (C=O) groups excluding carboxylic acids is 3. The van der Waals surface area contributed by atoms with Gasteiger partial charge in [-0.15, -0.1) is 6.42 Å². The van der Waals surface area contributed by atoms with Crippen LogP contribution in [0.25, 0.3) is 0 Å². The van der Waals surface area contributed by atoms with Crippen molar-refractivity contribution in [3.63, 3.8) is 0 Å². The first-order chi connectivity index (χ1) is 17.4. The van der Waals surface area contributed by atoms with Crippen molar-refractivity contribution in [3.05, 3.63) is 23.4 Å². The fourth-order valence-electron chi connectivity index (χ4n) is 6.61. The number of terminal acetylenes is 1. The zero-order chi connectivity index (χ0) is 25.7. The van der Waals surface area contributed by atoms with Crippen LogP contribution in [0.4, 0.5) is 0 Å². The lowest BCUT2D eigenvalue weighted by atomic mass is 9.66. The standard InChI is InChI=1S/C29H40N2O5/c1-4-15-30-26(32)17-23-19-29(28(34)35-3)20(2)36-24(22-12-8-9-13-22)18-25(29)31(27(23)33)16-14-21-10-6-5-7-11-21/h1,10,18,20,22-24H,5-9,11-17,19H2,2-3H3,(H,30,32)/t20-,23+,24-,29+/m1/s1. The maximum Gasteiger partial charge on any atom is 0.320 e. The van der Waals surface area contributed by atoms with E-state index in [1.807, 2.05) is 13.0 Å². The van der Waals surface area contributed by atoms with Crippen molar-refractivity contribution < 1.29 is 23.9 Å². The lowest BCUT2D eigenvalue weighted by Gasteiger charge is -2.52. The van der Waals surface area contributed by atoms with E-state index in [0.29, 0.717) is 18.2 Å². The van der Waals surface area contributed by atoms with E-state index in [1.165, 1.54) is 38.4 Å². The summed E-state index contributed by atoms with van der Waals surface area (Å²) in [6.07, 6.45) is 19.0. The molecule has 2 aliphatic heterocycles. The minimum atomic E-state index is -1.13. The molecule has 7 nitrogen and oxygen atoms in total. The van der Waals surface area contributed by atoms with Crippen molar-refractivity contribution in [2.75, 3.05) is 20.2 Å². The number of allylic oxidation sites excluding steroid dienone is 1. The van der Waals surface area contributed by atoms with E-state index >= 15 is 0 Å². The third kappa shape index (κ3) is 5.25. The molecule has 7 heteroatoms. The number of likely N-dealkylation sites (tertiary alicyclic amines) is 1. The normalized spacial score (nSPS) is 30.6. The average Bonchev–Trinajstić information content (AvgIpc) is 3.43. The fourth-order valence-corrected chi connectivity index (χ4v) is 6.61. The number of esters is 1. The zero-order valence-electron chi connectivity index (χ0n) is 21.7. The second-order valence-electron chi connectivity index (χ2n) is 10.7. The Balaban J connectivity index is 1.71. The molecule has 4 rings (SSSR count). The lowest BCUT2D eigenvalue weighted by molar-refractivity contribution is -0.177. The summed E-state index contributed by atoms with van der Waals surface area (Å²) >= 11 is 0. The molecule has 0 aromatic carbocycles. The molecule has 4 aliphatic rings. The minimum Gasteiger partial charge on any atom is -0.468 e. The third-order valence-electron chi connectivity index (χ3n) is 8.58. The lowest BCUT2D eigenvalue weighted by Crippen LogP contribution is -2.60. The summed E-state index contributed by atoms with van der Waals surface area (Å²) in [6.45, 7) is 2.51. The van der Waals surface area contributed by atoms with Crippen LogP contribution in [-0.2, 0) is 23.9 Å². The molecule has 0 aromatic heterocycles. The quantitative estimate of drug-likeness (QED) is 0.313. The van der Waals surface area contributed by atoms with E-state index in [2.05, 4.69) is 17.3 Å². The van der Waals surface area contributed by atoms with Gasteiger partial charge in [-0.1, -0.05) is 30.4 Å². The van der Waals surface area contributed by atoms with Crippen LogP contribution in [0.3, 0.4) is 0 Å². The van der Waals surface area contributed by atoms with Gasteiger partial charge in [-0.05, 0) is 70.3 Å².